The van der Waals surface area contributed by atoms with Crippen LogP contribution in [-0.2, 0) is 9.47 Å². The molecule has 1 unspecified atom stereocenters. The van der Waals surface area contributed by atoms with E-state index in [-0.39, 0.29) is 18.2 Å². The fourth-order valence-corrected chi connectivity index (χ4v) is 2.33. The molecule has 1 rings (SSSR count). The molecule has 1 aliphatic rings. The van der Waals surface area contributed by atoms with E-state index in [9.17, 15) is 4.79 Å². The van der Waals surface area contributed by atoms with Gasteiger partial charge in [0.2, 0.25) is 0 Å². The average Bonchev–Trinajstić information content (AvgIpc) is 2.69. The van der Waals surface area contributed by atoms with Gasteiger partial charge in [0.25, 0.3) is 0 Å². The first-order valence-electron chi connectivity index (χ1n) is 7.49. The maximum Gasteiger partial charge on any atom is 0.410 e. The van der Waals surface area contributed by atoms with Gasteiger partial charge in [-0.15, -0.1) is 0 Å². The van der Waals surface area contributed by atoms with Crippen LogP contribution in [0.25, 0.3) is 0 Å². The predicted molar refractivity (Wildman–Crippen MR) is 79.9 cm³/mol. The van der Waals surface area contributed by atoms with E-state index in [1.807, 2.05) is 39.8 Å². The number of ether oxygens (including phenoxy) is 2. The quantitative estimate of drug-likeness (QED) is 0.778. The number of hydrogen-bond acceptors (Lipinski definition) is 4. The molecule has 5 nitrogen and oxygen atoms in total. The van der Waals surface area contributed by atoms with Crippen LogP contribution in [0.1, 0.15) is 40.5 Å². The second kappa shape index (κ2) is 7.27. The molecule has 1 amide bonds. The molecular weight excluding hydrogens is 256 g/mol. The monoisotopic (exact) mass is 286 g/mol. The molecule has 20 heavy (non-hydrogen) atoms. The van der Waals surface area contributed by atoms with Gasteiger partial charge in [-0.1, -0.05) is 6.92 Å². The van der Waals surface area contributed by atoms with E-state index >= 15 is 0 Å². The Balaban J connectivity index is 2.49. The van der Waals surface area contributed by atoms with Gasteiger partial charge in [-0.3, -0.25) is 0 Å². The highest BCUT2D eigenvalue weighted by Crippen LogP contribution is 2.25. The number of carbonyl (C=O) groups is 1. The van der Waals surface area contributed by atoms with Gasteiger partial charge in [0.1, 0.15) is 5.60 Å². The second-order valence-electron chi connectivity index (χ2n) is 6.73. The van der Waals surface area contributed by atoms with E-state index in [2.05, 4.69) is 11.8 Å². The Morgan fingerprint density at radius 2 is 2.00 bits per heavy atom. The topological polar surface area (TPSA) is 42.0 Å². The molecule has 1 aliphatic heterocycles. The van der Waals surface area contributed by atoms with Crippen molar-refractivity contribution >= 4 is 6.09 Å². The first kappa shape index (κ1) is 17.2. The van der Waals surface area contributed by atoms with Crippen LogP contribution in [0.15, 0.2) is 0 Å². The maximum atomic E-state index is 12.2. The second-order valence-corrected chi connectivity index (χ2v) is 6.73. The number of amides is 1. The number of carbonyl (C=O) groups excluding carboxylic acids is 1. The minimum Gasteiger partial charge on any atom is -0.444 e. The summed E-state index contributed by atoms with van der Waals surface area (Å²) < 4.78 is 11.3. The zero-order valence-corrected chi connectivity index (χ0v) is 13.8. The number of hydrogen-bond donors (Lipinski definition) is 0. The van der Waals surface area contributed by atoms with Crippen molar-refractivity contribution in [3.8, 4) is 0 Å². The molecule has 0 radical (unpaired) electrons. The van der Waals surface area contributed by atoms with Gasteiger partial charge in [0.05, 0.1) is 19.3 Å². The maximum absolute atomic E-state index is 12.2. The first-order chi connectivity index (χ1) is 9.23. The SMILES string of the molecule is CC[C@@H]1CC(OCCN(C)C)CN1C(=O)OC(C)(C)C. The van der Waals surface area contributed by atoms with Crippen LogP contribution >= 0.6 is 0 Å². The molecule has 2 atom stereocenters. The fourth-order valence-electron chi connectivity index (χ4n) is 2.33. The van der Waals surface area contributed by atoms with Crippen LogP contribution in [0.3, 0.4) is 0 Å². The van der Waals surface area contributed by atoms with Crippen molar-refractivity contribution in [3.63, 3.8) is 0 Å². The Morgan fingerprint density at radius 1 is 1.35 bits per heavy atom. The van der Waals surface area contributed by atoms with Crippen LogP contribution in [0.2, 0.25) is 0 Å². The molecule has 1 fully saturated rings. The summed E-state index contributed by atoms with van der Waals surface area (Å²) in [5.41, 5.74) is -0.445. The van der Waals surface area contributed by atoms with Crippen molar-refractivity contribution in [1.82, 2.24) is 9.80 Å². The summed E-state index contributed by atoms with van der Waals surface area (Å²) in [6.07, 6.45) is 1.76. The molecule has 1 heterocycles. The van der Waals surface area contributed by atoms with Gasteiger partial charge in [0.15, 0.2) is 0 Å². The number of likely N-dealkylation sites (N-methyl/N-ethyl adjacent to an activating group) is 1. The molecule has 0 bridgehead atoms. The van der Waals surface area contributed by atoms with E-state index in [4.69, 9.17) is 9.47 Å². The fraction of sp³-hybridized carbons (Fsp3) is 0.933. The minimum atomic E-state index is -0.445. The van der Waals surface area contributed by atoms with Crippen molar-refractivity contribution < 1.29 is 14.3 Å². The summed E-state index contributed by atoms with van der Waals surface area (Å²) >= 11 is 0. The predicted octanol–water partition coefficient (Wildman–Crippen LogP) is 2.35. The van der Waals surface area contributed by atoms with Crippen LogP contribution < -0.4 is 0 Å². The molecule has 1 saturated heterocycles. The Morgan fingerprint density at radius 3 is 2.50 bits per heavy atom. The Kier molecular flexibility index (Phi) is 6.27. The average molecular weight is 286 g/mol. The standard InChI is InChI=1S/C15H30N2O3/c1-7-12-10-13(19-9-8-16(5)6)11-17(12)14(18)20-15(2,3)4/h12-13H,7-11H2,1-6H3/t12-,13?/m1/s1. The Bertz CT molecular complexity index is 313. The molecule has 5 heteroatoms. The highest BCUT2D eigenvalue weighted by Gasteiger charge is 2.36. The van der Waals surface area contributed by atoms with Gasteiger partial charge < -0.3 is 19.3 Å². The number of nitrogens with zero attached hydrogens (tertiary/aromatic N) is 2. The molecule has 118 valence electrons. The lowest BCUT2D eigenvalue weighted by atomic mass is 10.1. The molecular formula is C15H30N2O3. The zero-order chi connectivity index (χ0) is 15.3. The molecule has 0 aliphatic carbocycles. The zero-order valence-electron chi connectivity index (χ0n) is 13.8. The molecule has 0 aromatic heterocycles. The minimum absolute atomic E-state index is 0.132. The Labute approximate surface area is 123 Å². The smallest absolute Gasteiger partial charge is 0.410 e. The highest BCUT2D eigenvalue weighted by atomic mass is 16.6. The summed E-state index contributed by atoms with van der Waals surface area (Å²) in [6, 6.07) is 0.231. The number of rotatable bonds is 5. The molecule has 0 N–H and O–H groups in total. The summed E-state index contributed by atoms with van der Waals surface area (Å²) in [5, 5.41) is 0. The lowest BCUT2D eigenvalue weighted by molar-refractivity contribution is 0.0156. The van der Waals surface area contributed by atoms with Crippen LogP contribution in [0.5, 0.6) is 0 Å². The van der Waals surface area contributed by atoms with Crippen LogP contribution in [-0.4, -0.2) is 67.4 Å². The number of likely N-dealkylation sites (tertiary alicyclic amines) is 1. The first-order valence-corrected chi connectivity index (χ1v) is 7.49. The summed E-state index contributed by atoms with van der Waals surface area (Å²) in [4.78, 5) is 16.1. The summed E-state index contributed by atoms with van der Waals surface area (Å²) in [7, 11) is 4.06. The molecule has 0 saturated carbocycles. The van der Waals surface area contributed by atoms with Crippen molar-refractivity contribution in [2.75, 3.05) is 33.8 Å². The van der Waals surface area contributed by atoms with Crippen LogP contribution in [0.4, 0.5) is 4.79 Å². The normalized spacial score (nSPS) is 23.4. The third-order valence-electron chi connectivity index (χ3n) is 3.37. The van der Waals surface area contributed by atoms with Crippen molar-refractivity contribution in [1.29, 1.82) is 0 Å². The largest absolute Gasteiger partial charge is 0.444 e. The third kappa shape index (κ3) is 5.67. The summed E-state index contributed by atoms with van der Waals surface area (Å²) in [6.45, 7) is 10.0. The molecule has 0 spiro atoms. The van der Waals surface area contributed by atoms with Gasteiger partial charge in [-0.05, 0) is 47.7 Å². The van der Waals surface area contributed by atoms with E-state index < -0.39 is 5.60 Å². The van der Waals surface area contributed by atoms with Gasteiger partial charge in [-0.2, -0.15) is 0 Å². The third-order valence-corrected chi connectivity index (χ3v) is 3.37. The van der Waals surface area contributed by atoms with Crippen molar-refractivity contribution in [3.05, 3.63) is 0 Å². The lowest BCUT2D eigenvalue weighted by Crippen LogP contribution is -2.40. The van der Waals surface area contributed by atoms with E-state index in [0.717, 1.165) is 19.4 Å². The van der Waals surface area contributed by atoms with E-state index in [1.54, 1.807) is 0 Å². The Hall–Kier alpha value is -0.810. The van der Waals surface area contributed by atoms with Gasteiger partial charge in [0, 0.05) is 12.6 Å². The van der Waals surface area contributed by atoms with Gasteiger partial charge >= 0.3 is 6.09 Å². The molecule has 0 aromatic rings. The van der Waals surface area contributed by atoms with Crippen molar-refractivity contribution in [2.45, 2.75) is 58.3 Å². The van der Waals surface area contributed by atoms with Gasteiger partial charge in [-0.25, -0.2) is 4.79 Å². The van der Waals surface area contributed by atoms with E-state index in [1.165, 1.54) is 0 Å². The van der Waals surface area contributed by atoms with Crippen LogP contribution in [0, 0.1) is 0 Å². The van der Waals surface area contributed by atoms with Crippen molar-refractivity contribution in [2.24, 2.45) is 0 Å². The summed E-state index contributed by atoms with van der Waals surface area (Å²) in [5.74, 6) is 0. The molecule has 0 aromatic carbocycles. The lowest BCUT2D eigenvalue weighted by Gasteiger charge is -2.27. The van der Waals surface area contributed by atoms with E-state index in [0.29, 0.717) is 13.2 Å². The highest BCUT2D eigenvalue weighted by molar-refractivity contribution is 5.69.